The molecule has 0 saturated heterocycles. The van der Waals surface area contributed by atoms with Crippen LogP contribution >= 0.6 is 15.9 Å². The van der Waals surface area contributed by atoms with Gasteiger partial charge in [-0.1, -0.05) is 22.9 Å². The van der Waals surface area contributed by atoms with E-state index in [1.54, 1.807) is 6.07 Å². The molecular weight excluding hydrogens is 392 g/mol. The molecule has 2 unspecified atom stereocenters. The number of aromatic amines is 1. The molecule has 1 aliphatic carbocycles. The van der Waals surface area contributed by atoms with Crippen LogP contribution in [0, 0.1) is 0 Å². The van der Waals surface area contributed by atoms with E-state index in [0.717, 1.165) is 30.0 Å². The second-order valence-electron chi connectivity index (χ2n) is 8.58. The number of anilines is 1. The van der Waals surface area contributed by atoms with Gasteiger partial charge in [0.15, 0.2) is 0 Å². The van der Waals surface area contributed by atoms with E-state index < -0.39 is 0 Å². The zero-order chi connectivity index (χ0) is 18.8. The summed E-state index contributed by atoms with van der Waals surface area (Å²) in [7, 11) is 0. The molecule has 2 aromatic heterocycles. The normalized spacial score (nSPS) is 24.0. The number of aromatic nitrogens is 3. The van der Waals surface area contributed by atoms with Gasteiger partial charge in [0.1, 0.15) is 0 Å². The van der Waals surface area contributed by atoms with E-state index in [1.807, 2.05) is 10.8 Å². The predicted molar refractivity (Wildman–Crippen MR) is 109 cm³/mol. The van der Waals surface area contributed by atoms with Crippen molar-refractivity contribution in [3.05, 3.63) is 33.9 Å². The maximum absolute atomic E-state index is 12.9. The number of nitrogens with one attached hydrogen (secondary N) is 1. The van der Waals surface area contributed by atoms with Gasteiger partial charge < -0.3 is 9.88 Å². The summed E-state index contributed by atoms with van der Waals surface area (Å²) in [6.45, 7) is 11.6. The maximum Gasteiger partial charge on any atom is 0.255 e. The van der Waals surface area contributed by atoms with Gasteiger partial charge in [0.25, 0.3) is 5.56 Å². The number of H-pyrrole nitrogens is 1. The van der Waals surface area contributed by atoms with Crippen LogP contribution in [0.25, 0.3) is 11.3 Å². The minimum Gasteiger partial charge on any atom is -0.364 e. The van der Waals surface area contributed by atoms with Gasteiger partial charge in [-0.15, -0.1) is 0 Å². The highest BCUT2D eigenvalue weighted by molar-refractivity contribution is 9.09. The van der Waals surface area contributed by atoms with Crippen LogP contribution in [0.15, 0.2) is 17.1 Å². The van der Waals surface area contributed by atoms with Crippen molar-refractivity contribution in [1.29, 1.82) is 0 Å². The third-order valence-corrected chi connectivity index (χ3v) is 7.12. The number of fused-ring (bicyclic) bond motifs is 2. The van der Waals surface area contributed by atoms with E-state index in [0.29, 0.717) is 17.3 Å². The highest BCUT2D eigenvalue weighted by atomic mass is 79.9. The molecule has 2 aliphatic rings. The lowest BCUT2D eigenvalue weighted by atomic mass is 9.85. The standard InChI is InChI=1S/C20H27BrN4O/c1-11(2)25-19-23-16(8-17(26)24(19)10-20(25,4)5)13-9-22-15-7-6-14(21)12(3)18(13)15/h8-9,11-12,14,22H,6-7,10H2,1-5H3. The molecule has 3 heterocycles. The molecule has 26 heavy (non-hydrogen) atoms. The third-order valence-electron chi connectivity index (χ3n) is 5.87. The molecule has 2 atom stereocenters. The summed E-state index contributed by atoms with van der Waals surface area (Å²) in [4.78, 5) is 24.0. The van der Waals surface area contributed by atoms with Gasteiger partial charge in [0.2, 0.25) is 5.95 Å². The molecule has 0 amide bonds. The fourth-order valence-corrected chi connectivity index (χ4v) is 5.25. The van der Waals surface area contributed by atoms with Crippen molar-refractivity contribution >= 4 is 21.9 Å². The molecule has 140 valence electrons. The largest absolute Gasteiger partial charge is 0.364 e. The summed E-state index contributed by atoms with van der Waals surface area (Å²) >= 11 is 3.81. The van der Waals surface area contributed by atoms with Gasteiger partial charge in [0.05, 0.1) is 17.8 Å². The van der Waals surface area contributed by atoms with Gasteiger partial charge >= 0.3 is 0 Å². The van der Waals surface area contributed by atoms with Crippen LogP contribution in [0.5, 0.6) is 0 Å². The molecule has 0 aromatic carbocycles. The zero-order valence-corrected chi connectivity index (χ0v) is 17.7. The second-order valence-corrected chi connectivity index (χ2v) is 9.76. The highest BCUT2D eigenvalue weighted by Gasteiger charge is 2.40. The van der Waals surface area contributed by atoms with E-state index in [2.05, 4.69) is 60.4 Å². The van der Waals surface area contributed by atoms with Crippen molar-refractivity contribution in [1.82, 2.24) is 14.5 Å². The highest BCUT2D eigenvalue weighted by Crippen LogP contribution is 2.41. The fraction of sp³-hybridized carbons (Fsp3) is 0.600. The van der Waals surface area contributed by atoms with E-state index in [4.69, 9.17) is 4.98 Å². The Kier molecular flexibility index (Phi) is 4.10. The summed E-state index contributed by atoms with van der Waals surface area (Å²) in [5, 5.41) is 0. The first-order valence-corrected chi connectivity index (χ1v) is 10.4. The lowest BCUT2D eigenvalue weighted by Gasteiger charge is -2.35. The van der Waals surface area contributed by atoms with Crippen molar-refractivity contribution in [2.45, 2.75) is 76.3 Å². The van der Waals surface area contributed by atoms with Gasteiger partial charge in [-0.2, -0.15) is 0 Å². The average Bonchev–Trinajstić information content (AvgIpc) is 3.09. The van der Waals surface area contributed by atoms with Gasteiger partial charge in [-0.05, 0) is 52.0 Å². The number of alkyl halides is 1. The number of nitrogens with zero attached hydrogens (tertiary/aromatic N) is 3. The molecule has 4 rings (SSSR count). The zero-order valence-electron chi connectivity index (χ0n) is 16.1. The Morgan fingerprint density at radius 2 is 2.12 bits per heavy atom. The lowest BCUT2D eigenvalue weighted by Crippen LogP contribution is -2.45. The first kappa shape index (κ1) is 17.8. The molecule has 6 heteroatoms. The van der Waals surface area contributed by atoms with Crippen LogP contribution in [-0.4, -0.2) is 30.9 Å². The van der Waals surface area contributed by atoms with E-state index >= 15 is 0 Å². The minimum atomic E-state index is -0.113. The van der Waals surface area contributed by atoms with Crippen molar-refractivity contribution in [2.75, 3.05) is 4.90 Å². The Balaban J connectivity index is 1.88. The van der Waals surface area contributed by atoms with E-state index in [1.165, 1.54) is 11.3 Å². The van der Waals surface area contributed by atoms with E-state index in [-0.39, 0.29) is 17.1 Å². The summed E-state index contributed by atoms with van der Waals surface area (Å²) < 4.78 is 1.82. The van der Waals surface area contributed by atoms with Gasteiger partial charge in [-0.25, -0.2) is 4.98 Å². The number of hydrogen-bond acceptors (Lipinski definition) is 3. The molecular formula is C20H27BrN4O. The van der Waals surface area contributed by atoms with Gasteiger partial charge in [0, 0.05) is 34.4 Å². The Morgan fingerprint density at radius 1 is 1.38 bits per heavy atom. The summed E-state index contributed by atoms with van der Waals surface area (Å²) in [5.41, 5.74) is 4.38. The summed E-state index contributed by atoms with van der Waals surface area (Å²) in [6.07, 6.45) is 4.19. The average molecular weight is 419 g/mol. The SMILES string of the molecule is CC1c2c(-c3cc(=O)n4c(n3)N(C(C)C)C(C)(C)C4)c[nH]c2CCC1Br. The lowest BCUT2D eigenvalue weighted by molar-refractivity contribution is 0.425. The van der Waals surface area contributed by atoms with Crippen molar-refractivity contribution in [3.8, 4) is 11.3 Å². The number of hydrogen-bond donors (Lipinski definition) is 1. The number of rotatable bonds is 2. The maximum atomic E-state index is 12.9. The first-order chi connectivity index (χ1) is 12.2. The van der Waals surface area contributed by atoms with Crippen LogP contribution in [0.2, 0.25) is 0 Å². The second kappa shape index (κ2) is 5.98. The summed E-state index contributed by atoms with van der Waals surface area (Å²) in [6, 6.07) is 1.99. The predicted octanol–water partition coefficient (Wildman–Crippen LogP) is 4.06. The van der Waals surface area contributed by atoms with Gasteiger partial charge in [-0.3, -0.25) is 9.36 Å². The first-order valence-electron chi connectivity index (χ1n) is 9.46. The summed E-state index contributed by atoms with van der Waals surface area (Å²) in [5.74, 6) is 1.19. The smallest absolute Gasteiger partial charge is 0.255 e. The molecule has 1 aliphatic heterocycles. The number of halogens is 1. The molecule has 0 radical (unpaired) electrons. The Morgan fingerprint density at radius 3 is 2.81 bits per heavy atom. The molecule has 0 fully saturated rings. The molecule has 5 nitrogen and oxygen atoms in total. The molecule has 1 N–H and O–H groups in total. The number of aryl methyl sites for hydroxylation is 1. The molecule has 0 saturated carbocycles. The van der Waals surface area contributed by atoms with Crippen LogP contribution in [0.1, 0.15) is 58.2 Å². The van der Waals surface area contributed by atoms with Crippen LogP contribution in [0.4, 0.5) is 5.95 Å². The quantitative estimate of drug-likeness (QED) is 0.747. The van der Waals surface area contributed by atoms with Crippen LogP contribution < -0.4 is 10.5 Å². The van der Waals surface area contributed by atoms with Crippen molar-refractivity contribution in [2.24, 2.45) is 0 Å². The van der Waals surface area contributed by atoms with Crippen LogP contribution in [-0.2, 0) is 13.0 Å². The molecule has 0 spiro atoms. The monoisotopic (exact) mass is 418 g/mol. The molecule has 0 bridgehead atoms. The molecule has 2 aromatic rings. The Bertz CT molecular complexity index is 911. The topological polar surface area (TPSA) is 53.9 Å². The Labute approximate surface area is 163 Å². The Hall–Kier alpha value is -1.56. The third kappa shape index (κ3) is 2.56. The van der Waals surface area contributed by atoms with Crippen molar-refractivity contribution in [3.63, 3.8) is 0 Å². The van der Waals surface area contributed by atoms with Crippen molar-refractivity contribution < 1.29 is 0 Å². The van der Waals surface area contributed by atoms with Crippen LogP contribution in [0.3, 0.4) is 0 Å². The fourth-order valence-electron chi connectivity index (χ4n) is 4.76. The minimum absolute atomic E-state index is 0.0371. The van der Waals surface area contributed by atoms with E-state index in [9.17, 15) is 4.79 Å².